The van der Waals surface area contributed by atoms with Crippen molar-refractivity contribution in [2.75, 3.05) is 13.7 Å². The van der Waals surface area contributed by atoms with Crippen LogP contribution in [0.5, 0.6) is 11.6 Å². The highest BCUT2D eigenvalue weighted by atomic mass is 32.2. The van der Waals surface area contributed by atoms with E-state index in [1.807, 2.05) is 6.92 Å². The zero-order chi connectivity index (χ0) is 41.0. The Bertz CT molecular complexity index is 2020. The fourth-order valence-corrected chi connectivity index (χ4v) is 9.40. The van der Waals surface area contributed by atoms with Crippen molar-refractivity contribution in [3.8, 4) is 11.6 Å². The molecule has 4 aliphatic rings. The minimum atomic E-state index is -5.09. The third-order valence-corrected chi connectivity index (χ3v) is 13.4. The molecule has 0 unspecified atom stereocenters. The van der Waals surface area contributed by atoms with Crippen LogP contribution < -0.4 is 19.5 Å². The second-order valence-electron chi connectivity index (χ2n) is 16.1. The summed E-state index contributed by atoms with van der Waals surface area (Å²) in [7, 11) is -2.54. The molecule has 0 spiro atoms. The van der Waals surface area contributed by atoms with E-state index >= 15 is 0 Å². The molecule has 2 aliphatic heterocycles. The van der Waals surface area contributed by atoms with E-state index in [2.05, 4.69) is 15.0 Å². The van der Waals surface area contributed by atoms with Crippen LogP contribution in [0.15, 0.2) is 42.6 Å². The van der Waals surface area contributed by atoms with E-state index in [1.165, 1.54) is 20.2 Å². The fraction of sp³-hybridized carbons (Fsp3) is 0.605. The maximum Gasteiger partial charge on any atom is 0.411 e. The minimum Gasteiger partial charge on any atom is -0.494 e. The predicted molar refractivity (Wildman–Crippen MR) is 197 cm³/mol. The molecule has 3 fully saturated rings. The van der Waals surface area contributed by atoms with Crippen molar-refractivity contribution in [3.05, 3.63) is 42.6 Å². The lowest BCUT2D eigenvalue weighted by Crippen LogP contribution is -2.66. The van der Waals surface area contributed by atoms with E-state index in [9.17, 15) is 45.9 Å². The zero-order valence-corrected chi connectivity index (χ0v) is 32.7. The van der Waals surface area contributed by atoms with Crippen molar-refractivity contribution < 1.29 is 55.3 Å². The zero-order valence-electron chi connectivity index (χ0n) is 31.8. The summed E-state index contributed by atoms with van der Waals surface area (Å²) in [6.45, 7) is 4.40. The number of allylic oxidation sites excluding steroid dienone is 1. The summed E-state index contributed by atoms with van der Waals surface area (Å²) in [4.78, 5) is 61.6. The molecule has 14 nitrogen and oxygen atoms in total. The molecule has 56 heavy (non-hydrogen) atoms. The lowest BCUT2D eigenvalue weighted by atomic mass is 9.85. The van der Waals surface area contributed by atoms with Gasteiger partial charge in [-0.3, -0.25) is 24.0 Å². The third-order valence-electron chi connectivity index (χ3n) is 11.6. The van der Waals surface area contributed by atoms with Crippen molar-refractivity contribution in [3.63, 3.8) is 0 Å². The van der Waals surface area contributed by atoms with E-state index in [0.29, 0.717) is 56.1 Å². The first kappa shape index (κ1) is 41.0. The van der Waals surface area contributed by atoms with Crippen LogP contribution in [0, 0.1) is 17.8 Å². The molecule has 6 rings (SSSR count). The predicted octanol–water partition coefficient (Wildman–Crippen LogP) is 4.78. The molecule has 1 aromatic carbocycles. The van der Waals surface area contributed by atoms with Gasteiger partial charge in [-0.05, 0) is 70.3 Å². The molecule has 7 atom stereocenters. The van der Waals surface area contributed by atoms with Gasteiger partial charge >= 0.3 is 12.3 Å². The van der Waals surface area contributed by atoms with Gasteiger partial charge in [-0.1, -0.05) is 44.2 Å². The summed E-state index contributed by atoms with van der Waals surface area (Å²) >= 11 is 0. The third kappa shape index (κ3) is 7.85. The minimum absolute atomic E-state index is 0.0609. The quantitative estimate of drug-likeness (QED) is 0.314. The van der Waals surface area contributed by atoms with Crippen LogP contribution in [0.25, 0.3) is 10.8 Å². The lowest BCUT2D eigenvalue weighted by molar-refractivity contribution is -0.222. The number of carbonyl (C=O) groups is 4. The van der Waals surface area contributed by atoms with Crippen molar-refractivity contribution in [1.82, 2.24) is 24.8 Å². The fourth-order valence-electron chi connectivity index (χ4n) is 8.04. The maximum atomic E-state index is 14.9. The van der Waals surface area contributed by atoms with Crippen LogP contribution in [-0.2, 0) is 24.4 Å². The van der Waals surface area contributed by atoms with Gasteiger partial charge < -0.3 is 24.8 Å². The summed E-state index contributed by atoms with van der Waals surface area (Å²) in [5, 5.41) is 13.6. The highest BCUT2D eigenvalue weighted by Crippen LogP contribution is 2.47. The topological polar surface area (TPSA) is 185 Å². The van der Waals surface area contributed by atoms with Gasteiger partial charge in [0.25, 0.3) is 5.91 Å². The average Bonchev–Trinajstić information content (AvgIpc) is 4.04. The average molecular weight is 808 g/mol. The Hall–Kier alpha value is -4.61. The summed E-state index contributed by atoms with van der Waals surface area (Å²) in [6, 6.07) is 3.68. The lowest BCUT2D eigenvalue weighted by Gasteiger charge is -2.45. The molecule has 4 amide bonds. The first-order valence-electron chi connectivity index (χ1n) is 18.7. The number of alkyl halides is 3. The summed E-state index contributed by atoms with van der Waals surface area (Å²) in [5.74, 6) is -3.99. The van der Waals surface area contributed by atoms with Crippen LogP contribution in [-0.4, -0.2) is 106 Å². The Morgan fingerprint density at radius 3 is 2.39 bits per heavy atom. The molecular weight excluding hydrogens is 760 g/mol. The first-order chi connectivity index (χ1) is 26.2. The Morgan fingerprint density at radius 2 is 1.77 bits per heavy atom. The standard InChI is InChI=1S/C38H48F3N5O9S/c1-21-10-6-7-11-23-18-37(23,34(49)44-56(52,53)25-14-15-25)43-31(47)28-17-24(55-32-27-13-9-8-12-26(27)29(54-5)19-42-32)20-45(28)33(48)30(22(2)16-21)46(35(50)51)36(3,4)38(39,40)41/h7-9,11-13,19,21-25,28,30H,6,10,14-18,20H2,1-5H3,(H,43,47)(H,44,49)(H,50,51)/t21-,22+,23+,24+,28-,30-,37+/m0/s1. The monoisotopic (exact) mass is 807 g/mol. The van der Waals surface area contributed by atoms with Gasteiger partial charge in [0, 0.05) is 23.1 Å². The molecule has 3 N–H and O–H groups in total. The number of carbonyl (C=O) groups excluding carboxylic acids is 3. The number of aromatic nitrogens is 1. The van der Waals surface area contributed by atoms with Gasteiger partial charge in [0.15, 0.2) is 0 Å². The van der Waals surface area contributed by atoms with Crippen molar-refractivity contribution in [2.45, 2.75) is 113 Å². The molecule has 0 radical (unpaired) electrons. The largest absolute Gasteiger partial charge is 0.494 e. The highest BCUT2D eigenvalue weighted by molar-refractivity contribution is 7.91. The Balaban J connectivity index is 1.42. The van der Waals surface area contributed by atoms with Crippen molar-refractivity contribution >= 4 is 44.6 Å². The van der Waals surface area contributed by atoms with Gasteiger partial charge in [0.1, 0.15) is 35.0 Å². The van der Waals surface area contributed by atoms with E-state index in [-0.39, 0.29) is 42.5 Å². The number of halogens is 3. The number of benzene rings is 1. The van der Waals surface area contributed by atoms with E-state index in [4.69, 9.17) is 9.47 Å². The van der Waals surface area contributed by atoms with Crippen LogP contribution in [0.2, 0.25) is 0 Å². The number of hydrogen-bond donors (Lipinski definition) is 3. The van der Waals surface area contributed by atoms with Crippen LogP contribution in [0.1, 0.15) is 72.6 Å². The number of rotatable bonds is 8. The number of pyridine rings is 1. The molecule has 3 heterocycles. The summed E-state index contributed by atoms with van der Waals surface area (Å²) < 4.78 is 83.6. The van der Waals surface area contributed by atoms with E-state index in [0.717, 1.165) is 4.90 Å². The van der Waals surface area contributed by atoms with Gasteiger partial charge in [-0.2, -0.15) is 13.2 Å². The number of fused-ring (bicyclic) bond motifs is 3. The van der Waals surface area contributed by atoms with E-state index in [1.54, 1.807) is 36.4 Å². The number of nitrogens with zero attached hydrogens (tertiary/aromatic N) is 3. The normalized spacial score (nSPS) is 29.0. The number of nitrogens with one attached hydrogen (secondary N) is 2. The smallest absolute Gasteiger partial charge is 0.411 e. The number of ether oxygens (including phenoxy) is 2. The number of methoxy groups -OCH3 is 1. The number of amides is 4. The SMILES string of the molecule is COc1cnc(O[C@@H]2C[C@H]3C(=O)N[C@]4(C(=O)NS(=O)(=O)C5CC5)C[C@H]4C=CCC[C@H](C)C[C@@H](C)[C@H](N(C(=O)O)C(C)(C)C(F)(F)F)C(=O)N3C2)c2ccccc12. The Morgan fingerprint density at radius 1 is 1.09 bits per heavy atom. The van der Waals surface area contributed by atoms with Gasteiger partial charge in [-0.15, -0.1) is 0 Å². The second kappa shape index (κ2) is 15.0. The molecule has 306 valence electrons. The van der Waals surface area contributed by atoms with Crippen LogP contribution >= 0.6 is 0 Å². The first-order valence-corrected chi connectivity index (χ1v) is 20.3. The molecule has 1 saturated heterocycles. The van der Waals surface area contributed by atoms with Gasteiger partial charge in [-0.25, -0.2) is 18.2 Å². The maximum absolute atomic E-state index is 14.9. The van der Waals surface area contributed by atoms with Crippen LogP contribution in [0.4, 0.5) is 18.0 Å². The van der Waals surface area contributed by atoms with Gasteiger partial charge in [0.05, 0.1) is 25.1 Å². The molecule has 0 bridgehead atoms. The van der Waals surface area contributed by atoms with Crippen molar-refractivity contribution in [2.24, 2.45) is 17.8 Å². The molecular formula is C38H48F3N5O9S. The molecule has 2 saturated carbocycles. The summed E-state index contributed by atoms with van der Waals surface area (Å²) in [6.07, 6.45) is -1.29. The highest BCUT2D eigenvalue weighted by Gasteiger charge is 2.63. The Kier molecular flexibility index (Phi) is 11.0. The molecule has 2 aliphatic carbocycles. The molecule has 18 heteroatoms. The van der Waals surface area contributed by atoms with Crippen molar-refractivity contribution in [1.29, 1.82) is 0 Å². The number of carboxylic acid groups (broad SMARTS) is 1. The molecule has 1 aromatic heterocycles. The van der Waals surface area contributed by atoms with Crippen LogP contribution in [0.3, 0.4) is 0 Å². The Labute approximate surface area is 323 Å². The number of sulfonamides is 1. The van der Waals surface area contributed by atoms with Gasteiger partial charge in [0.2, 0.25) is 27.7 Å². The molecule has 2 aromatic rings. The van der Waals surface area contributed by atoms with E-state index < -0.39 is 86.4 Å². The second-order valence-corrected chi connectivity index (χ2v) is 18.0. The summed E-state index contributed by atoms with van der Waals surface area (Å²) in [5.41, 5.74) is -4.72. The number of hydrogen-bond acceptors (Lipinski definition) is 9.